The molecule has 1 nitrogen and oxygen atoms in total. The third-order valence-electron chi connectivity index (χ3n) is 10.6. The molecule has 1 heteroatoms. The second kappa shape index (κ2) is 7.42. The van der Waals surface area contributed by atoms with Gasteiger partial charge in [0.1, 0.15) is 0 Å². The summed E-state index contributed by atoms with van der Waals surface area (Å²) in [6.45, 7) is 4.83. The standard InChI is InChI=1S/C38H33N/c1-37(2)31-14-6-3-12-26(31)29-22-30-28-13-5-8-16-35(28)39(36(30)23-33(29)37)24-17-18-27-25-11-4-7-15-32(25)38(34(27)21-24)19-9-10-20-38/h4-8,11,13-18,21-23H,3,9-10,12,19-20H2,1-2H3. The number of aromatic nitrogens is 1. The first-order valence-electron chi connectivity index (χ1n) is 14.8. The lowest BCUT2D eigenvalue weighted by Gasteiger charge is -2.27. The van der Waals surface area contributed by atoms with Crippen LogP contribution in [-0.2, 0) is 10.8 Å². The van der Waals surface area contributed by atoms with Gasteiger partial charge in [-0.2, -0.15) is 0 Å². The van der Waals surface area contributed by atoms with Crippen LogP contribution in [0.1, 0.15) is 74.6 Å². The van der Waals surface area contributed by atoms with Gasteiger partial charge in [0.2, 0.25) is 0 Å². The number of rotatable bonds is 1. The number of hydrogen-bond acceptors (Lipinski definition) is 0. The summed E-state index contributed by atoms with van der Waals surface area (Å²) in [6.07, 6.45) is 12.2. The summed E-state index contributed by atoms with van der Waals surface area (Å²) in [7, 11) is 0. The summed E-state index contributed by atoms with van der Waals surface area (Å²) in [4.78, 5) is 0. The Morgan fingerprint density at radius 1 is 0.667 bits per heavy atom. The lowest BCUT2D eigenvalue weighted by molar-refractivity contribution is 0.549. The van der Waals surface area contributed by atoms with Crippen molar-refractivity contribution >= 4 is 27.4 Å². The van der Waals surface area contributed by atoms with Gasteiger partial charge >= 0.3 is 0 Å². The van der Waals surface area contributed by atoms with Crippen molar-refractivity contribution in [1.82, 2.24) is 4.57 Å². The van der Waals surface area contributed by atoms with E-state index in [0.29, 0.717) is 0 Å². The Kier molecular flexibility index (Phi) is 4.19. The third-order valence-corrected chi connectivity index (χ3v) is 10.6. The molecule has 0 saturated heterocycles. The maximum Gasteiger partial charge on any atom is 0.0544 e. The molecule has 4 aliphatic rings. The van der Waals surface area contributed by atoms with Crippen molar-refractivity contribution in [2.75, 3.05) is 0 Å². The Labute approximate surface area is 230 Å². The average molecular weight is 504 g/mol. The van der Waals surface area contributed by atoms with Crippen molar-refractivity contribution in [2.45, 2.75) is 63.2 Å². The highest BCUT2D eigenvalue weighted by atomic mass is 15.0. The molecule has 0 radical (unpaired) electrons. The SMILES string of the molecule is CC1(C)C2=C(CCC=C2)c2cc3c4ccccc4n(-c4ccc5c(c4)C4(CCCC4)c4ccccc4-5)c3cc21. The van der Waals surface area contributed by atoms with Crippen LogP contribution in [0, 0.1) is 0 Å². The molecule has 4 aliphatic carbocycles. The van der Waals surface area contributed by atoms with E-state index in [4.69, 9.17) is 0 Å². The van der Waals surface area contributed by atoms with Gasteiger partial charge in [-0.15, -0.1) is 0 Å². The van der Waals surface area contributed by atoms with Gasteiger partial charge in [0.25, 0.3) is 0 Å². The minimum absolute atomic E-state index is 0.0323. The molecular formula is C38H33N. The summed E-state index contributed by atoms with van der Waals surface area (Å²) < 4.78 is 2.56. The molecule has 0 unspecified atom stereocenters. The average Bonchev–Trinajstić information content (AvgIpc) is 3.71. The summed E-state index contributed by atoms with van der Waals surface area (Å²) in [5.41, 5.74) is 16.2. The fourth-order valence-electron chi connectivity index (χ4n) is 8.83. The fourth-order valence-corrected chi connectivity index (χ4v) is 8.83. The molecule has 0 aliphatic heterocycles. The van der Waals surface area contributed by atoms with Gasteiger partial charge in [-0.1, -0.05) is 87.4 Å². The van der Waals surface area contributed by atoms with Crippen LogP contribution in [0.3, 0.4) is 0 Å². The lowest BCUT2D eigenvalue weighted by atomic mass is 9.77. The van der Waals surface area contributed by atoms with E-state index in [0.717, 1.165) is 12.8 Å². The summed E-state index contributed by atoms with van der Waals surface area (Å²) >= 11 is 0. The van der Waals surface area contributed by atoms with Crippen LogP contribution in [0.5, 0.6) is 0 Å². The Bertz CT molecular complexity index is 1930. The maximum atomic E-state index is 2.56. The monoisotopic (exact) mass is 503 g/mol. The maximum absolute atomic E-state index is 2.56. The van der Waals surface area contributed by atoms with Crippen molar-refractivity contribution in [3.05, 3.63) is 119 Å². The van der Waals surface area contributed by atoms with Crippen LogP contribution in [0.25, 0.3) is 44.2 Å². The first kappa shape index (κ1) is 22.0. The zero-order valence-electron chi connectivity index (χ0n) is 22.9. The van der Waals surface area contributed by atoms with E-state index in [1.54, 1.807) is 16.7 Å². The number of allylic oxidation sites excluding steroid dienone is 4. The summed E-state index contributed by atoms with van der Waals surface area (Å²) in [5, 5.41) is 2.73. The van der Waals surface area contributed by atoms with Crippen LogP contribution < -0.4 is 0 Å². The number of para-hydroxylation sites is 1. The highest BCUT2D eigenvalue weighted by Crippen LogP contribution is 2.57. The van der Waals surface area contributed by atoms with Gasteiger partial charge < -0.3 is 4.57 Å². The molecule has 190 valence electrons. The van der Waals surface area contributed by atoms with Crippen molar-refractivity contribution in [3.8, 4) is 16.8 Å². The highest BCUT2D eigenvalue weighted by molar-refractivity contribution is 6.11. The molecule has 4 aromatic carbocycles. The Balaban J connectivity index is 1.33. The first-order chi connectivity index (χ1) is 19.1. The summed E-state index contributed by atoms with van der Waals surface area (Å²) in [5.74, 6) is 0. The van der Waals surface area contributed by atoms with E-state index in [1.165, 1.54) is 81.0 Å². The van der Waals surface area contributed by atoms with Crippen molar-refractivity contribution < 1.29 is 0 Å². The third kappa shape index (κ3) is 2.66. The van der Waals surface area contributed by atoms with Crippen molar-refractivity contribution in [2.24, 2.45) is 0 Å². The lowest BCUT2D eigenvalue weighted by Crippen LogP contribution is -2.20. The molecule has 1 heterocycles. The number of benzene rings is 4. The predicted octanol–water partition coefficient (Wildman–Crippen LogP) is 10.0. The smallest absolute Gasteiger partial charge is 0.0544 e. The number of hydrogen-bond donors (Lipinski definition) is 0. The second-order valence-corrected chi connectivity index (χ2v) is 12.8. The predicted molar refractivity (Wildman–Crippen MR) is 164 cm³/mol. The zero-order valence-corrected chi connectivity index (χ0v) is 22.9. The summed E-state index contributed by atoms with van der Waals surface area (Å²) in [6, 6.07) is 30.6. The molecule has 1 aromatic heterocycles. The van der Waals surface area contributed by atoms with Gasteiger partial charge in [0, 0.05) is 27.3 Å². The molecule has 0 bridgehead atoms. The van der Waals surface area contributed by atoms with Gasteiger partial charge in [0.05, 0.1) is 11.0 Å². The Morgan fingerprint density at radius 2 is 1.46 bits per heavy atom. The highest BCUT2D eigenvalue weighted by Gasteiger charge is 2.45. The fraction of sp³-hybridized carbons (Fsp3) is 0.263. The Morgan fingerprint density at radius 3 is 2.36 bits per heavy atom. The van der Waals surface area contributed by atoms with E-state index >= 15 is 0 Å². The van der Waals surface area contributed by atoms with Gasteiger partial charge in [-0.3, -0.25) is 0 Å². The van der Waals surface area contributed by atoms with Crippen LogP contribution >= 0.6 is 0 Å². The van der Waals surface area contributed by atoms with E-state index in [-0.39, 0.29) is 10.8 Å². The van der Waals surface area contributed by atoms with Crippen LogP contribution in [0.15, 0.2) is 96.6 Å². The van der Waals surface area contributed by atoms with Crippen molar-refractivity contribution in [1.29, 1.82) is 0 Å². The van der Waals surface area contributed by atoms with Crippen LogP contribution in [-0.4, -0.2) is 4.57 Å². The van der Waals surface area contributed by atoms with E-state index in [9.17, 15) is 0 Å². The van der Waals surface area contributed by atoms with E-state index < -0.39 is 0 Å². The Hall–Kier alpha value is -3.84. The molecular weight excluding hydrogens is 470 g/mol. The first-order valence-corrected chi connectivity index (χ1v) is 14.8. The molecule has 0 N–H and O–H groups in total. The van der Waals surface area contributed by atoms with E-state index in [2.05, 4.69) is 109 Å². The molecule has 39 heavy (non-hydrogen) atoms. The van der Waals surface area contributed by atoms with Crippen LogP contribution in [0.2, 0.25) is 0 Å². The second-order valence-electron chi connectivity index (χ2n) is 12.8. The van der Waals surface area contributed by atoms with Crippen molar-refractivity contribution in [3.63, 3.8) is 0 Å². The molecule has 5 aromatic rings. The van der Waals surface area contributed by atoms with Gasteiger partial charge in [0.15, 0.2) is 0 Å². The van der Waals surface area contributed by atoms with Crippen LogP contribution in [0.4, 0.5) is 0 Å². The van der Waals surface area contributed by atoms with Gasteiger partial charge in [-0.05, 0) is 101 Å². The number of nitrogens with zero attached hydrogens (tertiary/aromatic N) is 1. The minimum Gasteiger partial charge on any atom is -0.309 e. The topological polar surface area (TPSA) is 4.93 Å². The molecule has 1 saturated carbocycles. The molecule has 9 rings (SSSR count). The number of fused-ring (bicyclic) bond motifs is 10. The zero-order chi connectivity index (χ0) is 25.9. The quantitative estimate of drug-likeness (QED) is 0.214. The molecule has 0 atom stereocenters. The molecule has 1 fully saturated rings. The molecule has 1 spiro atoms. The van der Waals surface area contributed by atoms with E-state index in [1.807, 2.05) is 0 Å². The van der Waals surface area contributed by atoms with Gasteiger partial charge in [-0.25, -0.2) is 0 Å². The molecule has 0 amide bonds. The largest absolute Gasteiger partial charge is 0.309 e. The minimum atomic E-state index is 0.0323. The normalized spacial score (nSPS) is 19.6.